The zero-order valence-electron chi connectivity index (χ0n) is 10.1. The summed E-state index contributed by atoms with van der Waals surface area (Å²) in [6.07, 6.45) is 0. The van der Waals surface area contributed by atoms with Gasteiger partial charge in [0.15, 0.2) is 5.82 Å². The van der Waals surface area contributed by atoms with Crippen LogP contribution in [0.5, 0.6) is 0 Å². The fraction of sp³-hybridized carbons (Fsp3) is 0. The Morgan fingerprint density at radius 2 is 1.90 bits per heavy atom. The molecular formula is C14H8BrClFN3. The highest BCUT2D eigenvalue weighted by molar-refractivity contribution is 9.10. The average molecular weight is 353 g/mol. The second-order valence-corrected chi connectivity index (χ2v) is 5.54. The number of halogens is 3. The van der Waals surface area contributed by atoms with Crippen molar-refractivity contribution in [2.75, 3.05) is 5.73 Å². The molecule has 3 rings (SSSR count). The van der Waals surface area contributed by atoms with Gasteiger partial charge in [-0.15, -0.1) is 0 Å². The molecule has 0 atom stereocenters. The summed E-state index contributed by atoms with van der Waals surface area (Å²) in [4.78, 5) is 8.56. The third-order valence-electron chi connectivity index (χ3n) is 2.86. The molecule has 6 heteroatoms. The molecule has 0 amide bonds. The van der Waals surface area contributed by atoms with Gasteiger partial charge in [-0.1, -0.05) is 27.5 Å². The number of benzene rings is 2. The van der Waals surface area contributed by atoms with E-state index in [9.17, 15) is 4.39 Å². The van der Waals surface area contributed by atoms with Gasteiger partial charge >= 0.3 is 0 Å². The van der Waals surface area contributed by atoms with Crippen LogP contribution in [0.15, 0.2) is 40.9 Å². The number of fused-ring (bicyclic) bond motifs is 1. The summed E-state index contributed by atoms with van der Waals surface area (Å²) in [5.41, 5.74) is 7.00. The molecule has 100 valence electrons. The summed E-state index contributed by atoms with van der Waals surface area (Å²) in [6, 6.07) is 9.57. The minimum Gasteiger partial charge on any atom is -0.383 e. The van der Waals surface area contributed by atoms with Crippen molar-refractivity contribution in [3.63, 3.8) is 0 Å². The van der Waals surface area contributed by atoms with E-state index in [-0.39, 0.29) is 5.82 Å². The molecule has 0 bridgehead atoms. The molecule has 0 saturated carbocycles. The van der Waals surface area contributed by atoms with E-state index in [1.807, 2.05) is 6.07 Å². The molecule has 0 aliphatic heterocycles. The van der Waals surface area contributed by atoms with Crippen LogP contribution in [0, 0.1) is 5.82 Å². The predicted molar refractivity (Wildman–Crippen MR) is 82.1 cm³/mol. The van der Waals surface area contributed by atoms with Gasteiger partial charge in [0.2, 0.25) is 0 Å². The predicted octanol–water partition coefficient (Wildman–Crippen LogP) is 4.43. The third-order valence-corrected chi connectivity index (χ3v) is 3.67. The normalized spacial score (nSPS) is 10.9. The summed E-state index contributed by atoms with van der Waals surface area (Å²) >= 11 is 9.51. The minimum absolute atomic E-state index is 0.295. The molecule has 1 heterocycles. The van der Waals surface area contributed by atoms with E-state index in [1.165, 1.54) is 12.1 Å². The van der Waals surface area contributed by atoms with Gasteiger partial charge in [0.25, 0.3) is 0 Å². The maximum atomic E-state index is 13.3. The Balaban J connectivity index is 2.26. The molecule has 2 aromatic carbocycles. The van der Waals surface area contributed by atoms with Crippen molar-refractivity contribution < 1.29 is 4.39 Å². The monoisotopic (exact) mass is 351 g/mol. The SMILES string of the molecule is Nc1nc(-c2ccc(Br)cc2Cl)nc2cc(F)ccc12. The van der Waals surface area contributed by atoms with Crippen LogP contribution in [0.3, 0.4) is 0 Å². The first-order valence-corrected chi connectivity index (χ1v) is 6.90. The van der Waals surface area contributed by atoms with E-state index in [4.69, 9.17) is 17.3 Å². The molecule has 1 aromatic heterocycles. The second kappa shape index (κ2) is 5.00. The van der Waals surface area contributed by atoms with Crippen LogP contribution >= 0.6 is 27.5 Å². The van der Waals surface area contributed by atoms with E-state index in [1.54, 1.807) is 18.2 Å². The van der Waals surface area contributed by atoms with Crippen molar-refractivity contribution in [1.29, 1.82) is 0 Å². The van der Waals surface area contributed by atoms with Crippen LogP contribution in [-0.4, -0.2) is 9.97 Å². The molecule has 0 radical (unpaired) electrons. The summed E-state index contributed by atoms with van der Waals surface area (Å²) in [7, 11) is 0. The summed E-state index contributed by atoms with van der Waals surface area (Å²) in [6.45, 7) is 0. The highest BCUT2D eigenvalue weighted by Gasteiger charge is 2.11. The van der Waals surface area contributed by atoms with Crippen molar-refractivity contribution in [3.8, 4) is 11.4 Å². The number of hydrogen-bond acceptors (Lipinski definition) is 3. The quantitative estimate of drug-likeness (QED) is 0.704. The van der Waals surface area contributed by atoms with Gasteiger partial charge in [-0.05, 0) is 30.3 Å². The standard InChI is InChI=1S/C14H8BrClFN3/c15-7-1-3-9(11(16)5-7)14-19-12-6-8(17)2-4-10(12)13(18)20-14/h1-6H,(H2,18,19,20). The Labute approximate surface area is 127 Å². The number of nitrogen functional groups attached to an aromatic ring is 1. The Morgan fingerprint density at radius 1 is 1.10 bits per heavy atom. The highest BCUT2D eigenvalue weighted by Crippen LogP contribution is 2.30. The largest absolute Gasteiger partial charge is 0.383 e. The van der Waals surface area contributed by atoms with Gasteiger partial charge < -0.3 is 5.73 Å². The second-order valence-electron chi connectivity index (χ2n) is 4.22. The Bertz CT molecular complexity index is 823. The lowest BCUT2D eigenvalue weighted by atomic mass is 10.2. The first-order chi connectivity index (χ1) is 9.54. The smallest absolute Gasteiger partial charge is 0.163 e. The van der Waals surface area contributed by atoms with Crippen molar-refractivity contribution in [3.05, 3.63) is 51.7 Å². The number of hydrogen-bond donors (Lipinski definition) is 1. The summed E-state index contributed by atoms with van der Waals surface area (Å²) in [5, 5.41) is 1.11. The lowest BCUT2D eigenvalue weighted by molar-refractivity contribution is 0.629. The third kappa shape index (κ3) is 2.34. The van der Waals surface area contributed by atoms with Crippen LogP contribution in [0.1, 0.15) is 0 Å². The van der Waals surface area contributed by atoms with Crippen LogP contribution in [0.4, 0.5) is 10.2 Å². The first kappa shape index (κ1) is 13.3. The lowest BCUT2D eigenvalue weighted by Gasteiger charge is -2.07. The lowest BCUT2D eigenvalue weighted by Crippen LogP contribution is -1.98. The Hall–Kier alpha value is -1.72. The van der Waals surface area contributed by atoms with E-state index in [0.717, 1.165) is 4.47 Å². The number of rotatable bonds is 1. The fourth-order valence-corrected chi connectivity index (χ4v) is 2.68. The van der Waals surface area contributed by atoms with Gasteiger partial charge in [0.1, 0.15) is 11.6 Å². The van der Waals surface area contributed by atoms with Crippen LogP contribution in [-0.2, 0) is 0 Å². The number of anilines is 1. The maximum absolute atomic E-state index is 13.3. The zero-order chi connectivity index (χ0) is 14.3. The van der Waals surface area contributed by atoms with Gasteiger partial charge in [-0.2, -0.15) is 0 Å². The minimum atomic E-state index is -0.372. The molecule has 0 aliphatic carbocycles. The van der Waals surface area contributed by atoms with Crippen molar-refractivity contribution in [2.24, 2.45) is 0 Å². The highest BCUT2D eigenvalue weighted by atomic mass is 79.9. The molecule has 0 saturated heterocycles. The first-order valence-electron chi connectivity index (χ1n) is 5.73. The maximum Gasteiger partial charge on any atom is 0.163 e. The van der Waals surface area contributed by atoms with Gasteiger partial charge in [-0.3, -0.25) is 0 Å². The molecule has 0 unspecified atom stereocenters. The van der Waals surface area contributed by atoms with E-state index >= 15 is 0 Å². The van der Waals surface area contributed by atoms with Gasteiger partial charge in [0.05, 0.1) is 10.5 Å². The number of aromatic nitrogens is 2. The molecule has 3 nitrogen and oxygen atoms in total. The molecule has 2 N–H and O–H groups in total. The van der Waals surface area contributed by atoms with Crippen molar-refractivity contribution >= 4 is 44.3 Å². The number of nitrogens with zero attached hydrogens (tertiary/aromatic N) is 2. The topological polar surface area (TPSA) is 51.8 Å². The molecular weight excluding hydrogens is 345 g/mol. The molecule has 0 spiro atoms. The van der Waals surface area contributed by atoms with Crippen LogP contribution < -0.4 is 5.73 Å². The molecule has 0 fully saturated rings. The van der Waals surface area contributed by atoms with Gasteiger partial charge in [-0.25, -0.2) is 14.4 Å². The molecule has 20 heavy (non-hydrogen) atoms. The van der Waals surface area contributed by atoms with E-state index < -0.39 is 0 Å². The summed E-state index contributed by atoms with van der Waals surface area (Å²) in [5.74, 6) is 0.297. The van der Waals surface area contributed by atoms with Crippen LogP contribution in [0.25, 0.3) is 22.3 Å². The molecule has 0 aliphatic rings. The zero-order valence-corrected chi connectivity index (χ0v) is 12.4. The Kier molecular flexibility index (Phi) is 3.31. The van der Waals surface area contributed by atoms with Crippen molar-refractivity contribution in [1.82, 2.24) is 9.97 Å². The summed E-state index contributed by atoms with van der Waals surface area (Å²) < 4.78 is 14.2. The Morgan fingerprint density at radius 3 is 2.65 bits per heavy atom. The molecule has 3 aromatic rings. The fourth-order valence-electron chi connectivity index (χ4n) is 1.92. The van der Waals surface area contributed by atoms with E-state index in [2.05, 4.69) is 25.9 Å². The van der Waals surface area contributed by atoms with Crippen LogP contribution in [0.2, 0.25) is 5.02 Å². The van der Waals surface area contributed by atoms with E-state index in [0.29, 0.717) is 33.1 Å². The number of nitrogens with two attached hydrogens (primary N) is 1. The average Bonchev–Trinajstić information content (AvgIpc) is 2.37. The van der Waals surface area contributed by atoms with Gasteiger partial charge in [0, 0.05) is 21.5 Å². The van der Waals surface area contributed by atoms with Crippen molar-refractivity contribution in [2.45, 2.75) is 0 Å².